The minimum atomic E-state index is -0.441. The molecule has 2 aliphatic rings. The van der Waals surface area contributed by atoms with Gasteiger partial charge in [0.25, 0.3) is 0 Å². The van der Waals surface area contributed by atoms with Crippen LogP contribution < -0.4 is 10.7 Å². The third-order valence-electron chi connectivity index (χ3n) is 3.44. The van der Waals surface area contributed by atoms with E-state index < -0.39 is 5.82 Å². The molecule has 0 amide bonds. The molecule has 1 aromatic rings. The number of nitriles is 1. The summed E-state index contributed by atoms with van der Waals surface area (Å²) in [4.78, 5) is 0. The number of hydrogen-bond acceptors (Lipinski definition) is 5. The van der Waals surface area contributed by atoms with E-state index in [4.69, 9.17) is 10.5 Å². The Kier molecular flexibility index (Phi) is 4.50. The number of fused-ring (bicyclic) bond motifs is 1. The number of benzene rings is 1. The summed E-state index contributed by atoms with van der Waals surface area (Å²) < 4.78 is 19.5. The van der Waals surface area contributed by atoms with Crippen molar-refractivity contribution in [1.29, 1.82) is 5.26 Å². The predicted molar refractivity (Wildman–Crippen MR) is 84.0 cm³/mol. The van der Waals surface area contributed by atoms with Gasteiger partial charge >= 0.3 is 0 Å². The zero-order valence-corrected chi connectivity index (χ0v) is 12.7. The number of aryl methyl sites for hydroxylation is 1. The van der Waals surface area contributed by atoms with Crippen LogP contribution in [0.4, 0.5) is 10.1 Å². The Hall–Kier alpha value is -2.36. The first-order chi connectivity index (χ1) is 10.1. The number of para-hydroxylation sites is 1. The molecule has 0 saturated carbocycles. The van der Waals surface area contributed by atoms with Gasteiger partial charge in [-0.25, -0.2) is 9.40 Å². The van der Waals surface area contributed by atoms with E-state index in [2.05, 4.69) is 11.2 Å². The van der Waals surface area contributed by atoms with Crippen molar-refractivity contribution in [3.8, 4) is 6.07 Å². The van der Waals surface area contributed by atoms with E-state index in [-0.39, 0.29) is 30.5 Å². The average molecular weight is 321 g/mol. The van der Waals surface area contributed by atoms with Gasteiger partial charge in [0.1, 0.15) is 29.0 Å². The highest BCUT2D eigenvalue weighted by atomic mass is 35.5. The van der Waals surface area contributed by atoms with Gasteiger partial charge in [-0.15, -0.1) is 12.4 Å². The van der Waals surface area contributed by atoms with E-state index in [1.165, 1.54) is 11.1 Å². The molecule has 7 heteroatoms. The molecule has 0 aromatic heterocycles. The van der Waals surface area contributed by atoms with Crippen LogP contribution >= 0.6 is 12.4 Å². The molecule has 2 aliphatic heterocycles. The van der Waals surface area contributed by atoms with Gasteiger partial charge in [-0.2, -0.15) is 10.4 Å². The monoisotopic (exact) mass is 320 g/mol. The molecule has 0 bridgehead atoms. The first kappa shape index (κ1) is 16.0. The predicted octanol–water partition coefficient (Wildman–Crippen LogP) is 2.38. The van der Waals surface area contributed by atoms with Crippen LogP contribution in [0.5, 0.6) is 0 Å². The number of nitrogens with two attached hydrogens (primary N) is 1. The number of halogens is 2. The van der Waals surface area contributed by atoms with E-state index in [9.17, 15) is 9.65 Å². The van der Waals surface area contributed by atoms with Crippen molar-refractivity contribution in [2.75, 3.05) is 18.2 Å². The summed E-state index contributed by atoms with van der Waals surface area (Å²) in [6.45, 7) is 2.44. The fourth-order valence-electron chi connectivity index (χ4n) is 2.42. The minimum Gasteiger partial charge on any atom is -0.383 e. The maximum Gasteiger partial charge on any atom is 0.149 e. The van der Waals surface area contributed by atoms with E-state index in [1.807, 2.05) is 0 Å². The number of anilines is 1. The first-order valence-electron chi connectivity index (χ1n) is 6.44. The van der Waals surface area contributed by atoms with Gasteiger partial charge in [0.05, 0.1) is 18.9 Å². The van der Waals surface area contributed by atoms with Crippen LogP contribution in [0.3, 0.4) is 0 Å². The van der Waals surface area contributed by atoms with E-state index in [1.54, 1.807) is 25.1 Å². The van der Waals surface area contributed by atoms with Gasteiger partial charge in [-0.1, -0.05) is 12.1 Å². The molecule has 3 rings (SSSR count). The molecule has 0 radical (unpaired) electrons. The second-order valence-electron chi connectivity index (χ2n) is 4.77. The molecule has 114 valence electrons. The summed E-state index contributed by atoms with van der Waals surface area (Å²) in [7, 11) is 0. The van der Waals surface area contributed by atoms with Crippen molar-refractivity contribution in [3.05, 3.63) is 52.6 Å². The zero-order chi connectivity index (χ0) is 15.0. The Balaban J connectivity index is 0.00000176. The third-order valence-corrected chi connectivity index (χ3v) is 3.44. The topological polar surface area (TPSA) is 74.6 Å². The lowest BCUT2D eigenvalue weighted by molar-refractivity contribution is 0.199. The molecule has 0 aliphatic carbocycles. The van der Waals surface area contributed by atoms with Gasteiger partial charge in [0.15, 0.2) is 0 Å². The van der Waals surface area contributed by atoms with Crippen LogP contribution in [-0.2, 0) is 4.74 Å². The maximum atomic E-state index is 14.1. The number of hydrogen-bond donors (Lipinski definition) is 1. The molecule has 2 heterocycles. The summed E-state index contributed by atoms with van der Waals surface area (Å²) in [6, 6.07) is 6.80. The standard InChI is InChI=1S/C15H13FN4O.ClH/c1-9-3-2-4-12(16)14(9)20-15(18)11(7-17)10-5-6-21-8-13(10)19-20;/h2-5H,6,8,18H2,1H3;1H. The number of nitrogens with zero attached hydrogens (tertiary/aromatic N) is 3. The Morgan fingerprint density at radius 3 is 2.91 bits per heavy atom. The van der Waals surface area contributed by atoms with Crippen LogP contribution in [0.25, 0.3) is 0 Å². The van der Waals surface area contributed by atoms with Gasteiger partial charge in [0.2, 0.25) is 0 Å². The minimum absolute atomic E-state index is 0. The summed E-state index contributed by atoms with van der Waals surface area (Å²) in [5.41, 5.74) is 8.52. The molecular weight excluding hydrogens is 307 g/mol. The van der Waals surface area contributed by atoms with Gasteiger partial charge in [-0.3, -0.25) is 0 Å². The molecule has 1 aromatic carbocycles. The second kappa shape index (κ2) is 6.18. The molecule has 0 spiro atoms. The number of allylic oxidation sites excluding steroid dienone is 1. The van der Waals surface area contributed by atoms with Crippen LogP contribution in [-0.4, -0.2) is 18.9 Å². The van der Waals surface area contributed by atoms with Crippen LogP contribution in [0.1, 0.15) is 5.56 Å². The van der Waals surface area contributed by atoms with Crippen molar-refractivity contribution >= 4 is 23.8 Å². The molecule has 2 N–H and O–H groups in total. The second-order valence-corrected chi connectivity index (χ2v) is 4.77. The normalized spacial score (nSPS) is 17.0. The van der Waals surface area contributed by atoms with Crippen molar-refractivity contribution in [1.82, 2.24) is 0 Å². The van der Waals surface area contributed by atoms with Crippen molar-refractivity contribution in [2.24, 2.45) is 10.8 Å². The van der Waals surface area contributed by atoms with Crippen molar-refractivity contribution in [2.45, 2.75) is 6.92 Å². The van der Waals surface area contributed by atoms with Gasteiger partial charge in [-0.05, 0) is 24.6 Å². The molecule has 0 fully saturated rings. The number of ether oxygens (including phenoxy) is 1. The van der Waals surface area contributed by atoms with Crippen LogP contribution in [0.2, 0.25) is 0 Å². The smallest absolute Gasteiger partial charge is 0.149 e. The summed E-state index contributed by atoms with van der Waals surface area (Å²) in [5.74, 6) is -0.314. The third kappa shape index (κ3) is 2.45. The zero-order valence-electron chi connectivity index (χ0n) is 11.8. The fraction of sp³-hybridized carbons (Fsp3) is 0.200. The Morgan fingerprint density at radius 2 is 2.23 bits per heavy atom. The lowest BCUT2D eigenvalue weighted by atomic mass is 9.99. The van der Waals surface area contributed by atoms with Crippen molar-refractivity contribution < 1.29 is 9.13 Å². The molecule has 0 saturated heterocycles. The summed E-state index contributed by atoms with van der Waals surface area (Å²) >= 11 is 0. The Bertz CT molecular complexity index is 728. The molecule has 5 nitrogen and oxygen atoms in total. The first-order valence-corrected chi connectivity index (χ1v) is 6.44. The molecule has 0 atom stereocenters. The highest BCUT2D eigenvalue weighted by Gasteiger charge is 2.29. The lowest BCUT2D eigenvalue weighted by Gasteiger charge is -2.30. The number of hydrazone groups is 1. The maximum absolute atomic E-state index is 14.1. The summed E-state index contributed by atoms with van der Waals surface area (Å²) in [5, 5.41) is 15.0. The Labute approximate surface area is 133 Å². The lowest BCUT2D eigenvalue weighted by Crippen LogP contribution is -2.35. The van der Waals surface area contributed by atoms with E-state index >= 15 is 0 Å². The summed E-state index contributed by atoms with van der Waals surface area (Å²) in [6.07, 6.45) is 1.76. The fourth-order valence-corrected chi connectivity index (χ4v) is 2.42. The van der Waals surface area contributed by atoms with E-state index in [0.29, 0.717) is 29.0 Å². The average Bonchev–Trinajstić information content (AvgIpc) is 2.47. The molecule has 0 unspecified atom stereocenters. The van der Waals surface area contributed by atoms with Gasteiger partial charge in [0, 0.05) is 5.57 Å². The van der Waals surface area contributed by atoms with E-state index in [0.717, 1.165) is 0 Å². The van der Waals surface area contributed by atoms with Crippen molar-refractivity contribution in [3.63, 3.8) is 0 Å². The quantitative estimate of drug-likeness (QED) is 0.862. The molecule has 22 heavy (non-hydrogen) atoms. The number of rotatable bonds is 1. The van der Waals surface area contributed by atoms with Gasteiger partial charge < -0.3 is 10.5 Å². The van der Waals surface area contributed by atoms with Crippen LogP contribution in [0.15, 0.2) is 46.3 Å². The van der Waals surface area contributed by atoms with Crippen LogP contribution in [0, 0.1) is 24.1 Å². The highest BCUT2D eigenvalue weighted by Crippen LogP contribution is 2.32. The SMILES string of the molecule is Cc1cccc(F)c1N1N=C2COCC=C2C(C#N)=C1N.Cl. The highest BCUT2D eigenvalue weighted by molar-refractivity contribution is 6.08. The molecular formula is C15H14ClFN4O. The largest absolute Gasteiger partial charge is 0.383 e. The Morgan fingerprint density at radius 1 is 1.45 bits per heavy atom.